The van der Waals surface area contributed by atoms with Gasteiger partial charge >= 0.3 is 0 Å². The molecule has 300 valence electrons. The third-order valence-corrected chi connectivity index (χ3v) is 12.8. The average molecular weight is 819 g/mol. The van der Waals surface area contributed by atoms with Crippen LogP contribution in [-0.2, 0) is 0 Å². The predicted molar refractivity (Wildman–Crippen MR) is 266 cm³/mol. The summed E-state index contributed by atoms with van der Waals surface area (Å²) < 4.78 is 15.2. The first-order valence-corrected chi connectivity index (χ1v) is 21.7. The monoisotopic (exact) mass is 818 g/mol. The predicted octanol–water partition coefficient (Wildman–Crippen LogP) is 17.1. The molecule has 13 aromatic rings. The van der Waals surface area contributed by atoms with Crippen LogP contribution in [0.3, 0.4) is 0 Å². The lowest BCUT2D eigenvalue weighted by Crippen LogP contribution is -2.10. The second kappa shape index (κ2) is 14.5. The number of aromatic nitrogens is 1. The van der Waals surface area contributed by atoms with Crippen molar-refractivity contribution in [2.24, 2.45) is 0 Å². The molecule has 0 amide bonds. The molecule has 0 spiro atoms. The molecule has 4 heteroatoms. The summed E-state index contributed by atoms with van der Waals surface area (Å²) in [6.45, 7) is 0. The molecule has 0 aliphatic rings. The van der Waals surface area contributed by atoms with E-state index in [1.165, 1.54) is 21.8 Å². The summed E-state index contributed by atoms with van der Waals surface area (Å²) in [6, 6.07) is 82.2. The first-order valence-electron chi connectivity index (χ1n) is 21.7. The van der Waals surface area contributed by atoms with Crippen molar-refractivity contribution in [1.29, 1.82) is 0 Å². The molecule has 0 aliphatic carbocycles. The van der Waals surface area contributed by atoms with Crippen LogP contribution in [0, 0.1) is 0 Å². The Bertz CT molecular complexity index is 3880. The number of hydrogen-bond donors (Lipinski definition) is 0. The molecule has 10 aromatic carbocycles. The second-order valence-electron chi connectivity index (χ2n) is 16.5. The number of para-hydroxylation sites is 4. The number of hydrogen-bond acceptors (Lipinski definition) is 3. The Morgan fingerprint density at radius 2 is 0.891 bits per heavy atom. The number of anilines is 3. The van der Waals surface area contributed by atoms with E-state index in [0.717, 1.165) is 100 Å². The van der Waals surface area contributed by atoms with Gasteiger partial charge in [-0.3, -0.25) is 0 Å². The van der Waals surface area contributed by atoms with Crippen LogP contribution in [0.1, 0.15) is 0 Å². The molecular weight excluding hydrogens is 781 g/mol. The van der Waals surface area contributed by atoms with Crippen molar-refractivity contribution in [3.63, 3.8) is 0 Å². The Hall–Kier alpha value is -8.60. The van der Waals surface area contributed by atoms with Crippen molar-refractivity contribution >= 4 is 82.7 Å². The topological polar surface area (TPSA) is 34.5 Å². The van der Waals surface area contributed by atoms with Crippen LogP contribution in [0.2, 0.25) is 0 Å². The molecule has 0 fully saturated rings. The third-order valence-electron chi connectivity index (χ3n) is 12.8. The molecule has 3 heterocycles. The lowest BCUT2D eigenvalue weighted by atomic mass is 9.98. The SMILES string of the molecule is c1ccc(-c2cccc3c2oc2ccc(-c4ccc(N(c5ccc(-c6cccc7oc8ccccc8c67)cc5)c5ccc6c(c5)c5ccccc5n6-c5ccccc5)cc4)cc23)cc1. The maximum Gasteiger partial charge on any atom is 0.143 e. The zero-order valence-corrected chi connectivity index (χ0v) is 34.7. The number of fused-ring (bicyclic) bond motifs is 9. The summed E-state index contributed by atoms with van der Waals surface area (Å²) in [4.78, 5) is 2.37. The van der Waals surface area contributed by atoms with Crippen molar-refractivity contribution in [2.75, 3.05) is 4.90 Å². The molecule has 0 radical (unpaired) electrons. The van der Waals surface area contributed by atoms with Gasteiger partial charge in [0.05, 0.1) is 11.0 Å². The minimum Gasteiger partial charge on any atom is -0.456 e. The van der Waals surface area contributed by atoms with E-state index in [2.05, 4.69) is 222 Å². The summed E-state index contributed by atoms with van der Waals surface area (Å²) in [6.07, 6.45) is 0. The average Bonchev–Trinajstić information content (AvgIpc) is 4.04. The molecule has 0 unspecified atom stereocenters. The van der Waals surface area contributed by atoms with E-state index in [4.69, 9.17) is 8.83 Å². The molecule has 4 nitrogen and oxygen atoms in total. The van der Waals surface area contributed by atoms with Crippen molar-refractivity contribution in [1.82, 2.24) is 4.57 Å². The Balaban J connectivity index is 0.935. The largest absolute Gasteiger partial charge is 0.456 e. The second-order valence-corrected chi connectivity index (χ2v) is 16.5. The van der Waals surface area contributed by atoms with Crippen LogP contribution >= 0.6 is 0 Å². The molecule has 0 saturated heterocycles. The third kappa shape index (κ3) is 5.77. The van der Waals surface area contributed by atoms with E-state index in [9.17, 15) is 0 Å². The van der Waals surface area contributed by atoms with Crippen LogP contribution in [0.15, 0.2) is 239 Å². The van der Waals surface area contributed by atoms with E-state index in [-0.39, 0.29) is 0 Å². The van der Waals surface area contributed by atoms with Crippen LogP contribution in [0.4, 0.5) is 17.1 Å². The van der Waals surface area contributed by atoms with Gasteiger partial charge in [0, 0.05) is 60.6 Å². The van der Waals surface area contributed by atoms with Gasteiger partial charge in [-0.1, -0.05) is 146 Å². The summed E-state index contributed by atoms with van der Waals surface area (Å²) in [5, 5.41) is 6.90. The van der Waals surface area contributed by atoms with Gasteiger partial charge < -0.3 is 18.3 Å². The highest BCUT2D eigenvalue weighted by Gasteiger charge is 2.20. The summed E-state index contributed by atoms with van der Waals surface area (Å²) in [7, 11) is 0. The minimum atomic E-state index is 0.884. The van der Waals surface area contributed by atoms with Crippen molar-refractivity contribution in [3.8, 4) is 39.1 Å². The standard InChI is InChI=1S/C60H38N2O2/c1-3-13-40(14-4-1)48-20-11-21-50-53-37-42(29-36-57(53)64-60(48)50)39-25-30-44(31-26-39)61(45-32-27-41(28-33-45)47-19-12-24-58-59(47)51-18-8-10-23-56(51)63-58)46-34-35-55-52(38-46)49-17-7-9-22-54(49)62(55)43-15-5-2-6-16-43/h1-38H. The first kappa shape index (κ1) is 36.1. The lowest BCUT2D eigenvalue weighted by Gasteiger charge is -2.26. The first-order chi connectivity index (χ1) is 31.7. The van der Waals surface area contributed by atoms with Gasteiger partial charge in [-0.25, -0.2) is 0 Å². The van der Waals surface area contributed by atoms with Crippen LogP contribution in [0.25, 0.3) is 105 Å². The number of benzene rings is 10. The maximum absolute atomic E-state index is 6.52. The smallest absolute Gasteiger partial charge is 0.143 e. The van der Waals surface area contributed by atoms with Crippen LogP contribution in [-0.4, -0.2) is 4.57 Å². The van der Waals surface area contributed by atoms with Gasteiger partial charge in [0.15, 0.2) is 0 Å². The zero-order valence-electron chi connectivity index (χ0n) is 34.7. The Morgan fingerprint density at radius 1 is 0.312 bits per heavy atom. The molecular formula is C60H38N2O2. The molecule has 64 heavy (non-hydrogen) atoms. The Kier molecular flexibility index (Phi) is 8.18. The van der Waals surface area contributed by atoms with E-state index in [0.29, 0.717) is 0 Å². The fourth-order valence-corrected chi connectivity index (χ4v) is 9.83. The molecule has 0 atom stereocenters. The minimum absolute atomic E-state index is 0.884. The Morgan fingerprint density at radius 3 is 1.70 bits per heavy atom. The van der Waals surface area contributed by atoms with Crippen molar-refractivity contribution < 1.29 is 8.83 Å². The fraction of sp³-hybridized carbons (Fsp3) is 0. The van der Waals surface area contributed by atoms with Gasteiger partial charge in [-0.15, -0.1) is 0 Å². The van der Waals surface area contributed by atoms with E-state index in [1.807, 2.05) is 18.2 Å². The van der Waals surface area contributed by atoms with Gasteiger partial charge in [0.1, 0.15) is 22.3 Å². The van der Waals surface area contributed by atoms with Crippen molar-refractivity contribution in [2.45, 2.75) is 0 Å². The zero-order chi connectivity index (χ0) is 42.1. The van der Waals surface area contributed by atoms with Crippen LogP contribution < -0.4 is 4.90 Å². The highest BCUT2D eigenvalue weighted by atomic mass is 16.3. The molecule has 0 N–H and O–H groups in total. The van der Waals surface area contributed by atoms with Crippen LogP contribution in [0.5, 0.6) is 0 Å². The van der Waals surface area contributed by atoms with E-state index >= 15 is 0 Å². The number of nitrogens with zero attached hydrogens (tertiary/aromatic N) is 2. The normalized spacial score (nSPS) is 11.8. The summed E-state index contributed by atoms with van der Waals surface area (Å²) in [5.74, 6) is 0. The fourth-order valence-electron chi connectivity index (χ4n) is 9.83. The number of furan rings is 2. The quantitative estimate of drug-likeness (QED) is 0.161. The lowest BCUT2D eigenvalue weighted by molar-refractivity contribution is 0.669. The van der Waals surface area contributed by atoms with Gasteiger partial charge in [0.25, 0.3) is 0 Å². The molecule has 0 aliphatic heterocycles. The van der Waals surface area contributed by atoms with Gasteiger partial charge in [0.2, 0.25) is 0 Å². The highest BCUT2D eigenvalue weighted by Crippen LogP contribution is 2.43. The van der Waals surface area contributed by atoms with Crippen molar-refractivity contribution in [3.05, 3.63) is 231 Å². The molecule has 13 rings (SSSR count). The highest BCUT2D eigenvalue weighted by molar-refractivity contribution is 6.14. The molecule has 0 saturated carbocycles. The van der Waals surface area contributed by atoms with Gasteiger partial charge in [-0.2, -0.15) is 0 Å². The summed E-state index contributed by atoms with van der Waals surface area (Å²) >= 11 is 0. The van der Waals surface area contributed by atoms with Gasteiger partial charge in [-0.05, 0) is 113 Å². The Labute approximate surface area is 369 Å². The maximum atomic E-state index is 6.52. The van der Waals surface area contributed by atoms with E-state index in [1.54, 1.807) is 0 Å². The molecule has 0 bridgehead atoms. The van der Waals surface area contributed by atoms with E-state index < -0.39 is 0 Å². The summed E-state index contributed by atoms with van der Waals surface area (Å²) in [5.41, 5.74) is 17.1. The number of rotatable bonds is 7. The molecule has 3 aromatic heterocycles.